The summed E-state index contributed by atoms with van der Waals surface area (Å²) in [5.74, 6) is 1.12. The van der Waals surface area contributed by atoms with Gasteiger partial charge in [-0.3, -0.25) is 0 Å². The normalized spacial score (nSPS) is 13.8. The van der Waals surface area contributed by atoms with Crippen molar-refractivity contribution in [3.8, 4) is 0 Å². The molecule has 1 heterocycles. The Kier molecular flexibility index (Phi) is 5.01. The number of imidazole rings is 1. The van der Waals surface area contributed by atoms with Crippen molar-refractivity contribution in [1.29, 1.82) is 0 Å². The second kappa shape index (κ2) is 6.58. The topological polar surface area (TPSA) is 39.1 Å². The SMILES string of the molecule is CCn1c(CC(COC(C)(C)C)NC)nc2ccccc21. The lowest BCUT2D eigenvalue weighted by Gasteiger charge is -2.24. The lowest BCUT2D eigenvalue weighted by atomic mass is 10.1. The molecule has 0 radical (unpaired) electrons. The first-order valence-corrected chi connectivity index (χ1v) is 7.70. The minimum absolute atomic E-state index is 0.111. The number of hydrogen-bond acceptors (Lipinski definition) is 3. The molecule has 0 aliphatic rings. The van der Waals surface area contributed by atoms with Crippen LogP contribution in [0.4, 0.5) is 0 Å². The van der Waals surface area contributed by atoms with Gasteiger partial charge in [-0.2, -0.15) is 0 Å². The number of benzene rings is 1. The number of rotatable bonds is 6. The van der Waals surface area contributed by atoms with Gasteiger partial charge >= 0.3 is 0 Å². The number of para-hydroxylation sites is 2. The summed E-state index contributed by atoms with van der Waals surface area (Å²) in [6.45, 7) is 10.0. The van der Waals surface area contributed by atoms with Crippen LogP contribution >= 0.6 is 0 Å². The van der Waals surface area contributed by atoms with Gasteiger partial charge in [-0.25, -0.2) is 4.98 Å². The number of fused-ring (bicyclic) bond motifs is 1. The Labute approximate surface area is 127 Å². The summed E-state index contributed by atoms with van der Waals surface area (Å²) in [4.78, 5) is 4.78. The number of likely N-dealkylation sites (N-methyl/N-ethyl adjacent to an activating group) is 1. The third-order valence-electron chi connectivity index (χ3n) is 3.60. The quantitative estimate of drug-likeness (QED) is 0.888. The highest BCUT2D eigenvalue weighted by Crippen LogP contribution is 2.17. The molecule has 0 saturated carbocycles. The van der Waals surface area contributed by atoms with Crippen molar-refractivity contribution in [2.24, 2.45) is 0 Å². The number of aromatic nitrogens is 2. The fourth-order valence-corrected chi connectivity index (χ4v) is 2.45. The van der Waals surface area contributed by atoms with Crippen LogP contribution in [0.15, 0.2) is 24.3 Å². The molecule has 0 fully saturated rings. The Morgan fingerprint density at radius 3 is 2.62 bits per heavy atom. The molecular formula is C17H27N3O. The van der Waals surface area contributed by atoms with E-state index in [9.17, 15) is 0 Å². The second-order valence-corrected chi connectivity index (χ2v) is 6.37. The van der Waals surface area contributed by atoms with E-state index in [2.05, 4.69) is 55.8 Å². The summed E-state index contributed by atoms with van der Waals surface area (Å²) in [6, 6.07) is 8.59. The highest BCUT2D eigenvalue weighted by Gasteiger charge is 2.18. The molecule has 2 aromatic rings. The fraction of sp³-hybridized carbons (Fsp3) is 0.588. The van der Waals surface area contributed by atoms with E-state index in [1.807, 2.05) is 13.1 Å². The van der Waals surface area contributed by atoms with E-state index < -0.39 is 0 Å². The minimum atomic E-state index is -0.111. The molecule has 0 spiro atoms. The monoisotopic (exact) mass is 289 g/mol. The second-order valence-electron chi connectivity index (χ2n) is 6.37. The predicted octanol–water partition coefficient (Wildman–Crippen LogP) is 3.00. The highest BCUT2D eigenvalue weighted by molar-refractivity contribution is 5.75. The van der Waals surface area contributed by atoms with Gasteiger partial charge < -0.3 is 14.6 Å². The molecule has 2 rings (SSSR count). The summed E-state index contributed by atoms with van der Waals surface area (Å²) in [6.07, 6.45) is 0.870. The zero-order chi connectivity index (χ0) is 15.5. The molecule has 1 aromatic carbocycles. The van der Waals surface area contributed by atoms with Crippen molar-refractivity contribution in [3.63, 3.8) is 0 Å². The fourth-order valence-electron chi connectivity index (χ4n) is 2.45. The van der Waals surface area contributed by atoms with Crippen LogP contribution in [-0.4, -0.2) is 34.8 Å². The van der Waals surface area contributed by atoms with Gasteiger partial charge in [0.25, 0.3) is 0 Å². The third-order valence-corrected chi connectivity index (χ3v) is 3.60. The van der Waals surface area contributed by atoms with E-state index in [-0.39, 0.29) is 11.6 Å². The minimum Gasteiger partial charge on any atom is -0.374 e. The third kappa shape index (κ3) is 4.05. The molecule has 0 saturated heterocycles. The molecular weight excluding hydrogens is 262 g/mol. The van der Waals surface area contributed by atoms with Crippen LogP contribution in [0.25, 0.3) is 11.0 Å². The van der Waals surface area contributed by atoms with Crippen LogP contribution < -0.4 is 5.32 Å². The molecule has 0 amide bonds. The van der Waals surface area contributed by atoms with Gasteiger partial charge in [-0.05, 0) is 46.9 Å². The molecule has 0 aliphatic carbocycles. The first-order valence-electron chi connectivity index (χ1n) is 7.70. The maximum absolute atomic E-state index is 5.90. The van der Waals surface area contributed by atoms with Gasteiger partial charge in [0.05, 0.1) is 23.2 Å². The average molecular weight is 289 g/mol. The zero-order valence-corrected chi connectivity index (χ0v) is 13.8. The zero-order valence-electron chi connectivity index (χ0n) is 13.8. The van der Waals surface area contributed by atoms with Crippen LogP contribution in [0.1, 0.15) is 33.5 Å². The van der Waals surface area contributed by atoms with E-state index >= 15 is 0 Å². The van der Waals surface area contributed by atoms with Crippen LogP contribution in [0, 0.1) is 0 Å². The van der Waals surface area contributed by atoms with E-state index in [0.717, 1.165) is 24.3 Å². The van der Waals surface area contributed by atoms with Crippen molar-refractivity contribution in [2.45, 2.75) is 52.3 Å². The Morgan fingerprint density at radius 2 is 2.00 bits per heavy atom. The smallest absolute Gasteiger partial charge is 0.111 e. The Hall–Kier alpha value is -1.39. The average Bonchev–Trinajstić information content (AvgIpc) is 2.79. The Bertz CT molecular complexity index is 583. The molecule has 4 nitrogen and oxygen atoms in total. The number of ether oxygens (including phenoxy) is 1. The predicted molar refractivity (Wildman–Crippen MR) is 87.7 cm³/mol. The molecule has 0 aliphatic heterocycles. The summed E-state index contributed by atoms with van der Waals surface area (Å²) in [5, 5.41) is 3.34. The Morgan fingerprint density at radius 1 is 1.29 bits per heavy atom. The van der Waals surface area contributed by atoms with Gasteiger partial charge in [0, 0.05) is 19.0 Å². The van der Waals surface area contributed by atoms with E-state index in [1.165, 1.54) is 5.52 Å². The summed E-state index contributed by atoms with van der Waals surface area (Å²) >= 11 is 0. The number of nitrogens with zero attached hydrogens (tertiary/aromatic N) is 2. The van der Waals surface area contributed by atoms with Crippen molar-refractivity contribution in [2.75, 3.05) is 13.7 Å². The van der Waals surface area contributed by atoms with Crippen LogP contribution in [0.5, 0.6) is 0 Å². The molecule has 1 unspecified atom stereocenters. The van der Waals surface area contributed by atoms with Crippen molar-refractivity contribution in [3.05, 3.63) is 30.1 Å². The van der Waals surface area contributed by atoms with Gasteiger partial charge in [-0.1, -0.05) is 12.1 Å². The molecule has 1 N–H and O–H groups in total. The van der Waals surface area contributed by atoms with Crippen LogP contribution in [0.3, 0.4) is 0 Å². The van der Waals surface area contributed by atoms with E-state index in [0.29, 0.717) is 6.61 Å². The van der Waals surface area contributed by atoms with E-state index in [4.69, 9.17) is 9.72 Å². The summed E-state index contributed by atoms with van der Waals surface area (Å²) in [7, 11) is 1.98. The molecule has 116 valence electrons. The maximum atomic E-state index is 5.90. The van der Waals surface area contributed by atoms with Gasteiger partial charge in [0.2, 0.25) is 0 Å². The lowest BCUT2D eigenvalue weighted by Crippen LogP contribution is -2.36. The molecule has 1 aromatic heterocycles. The lowest BCUT2D eigenvalue weighted by molar-refractivity contribution is -0.0137. The summed E-state index contributed by atoms with van der Waals surface area (Å²) < 4.78 is 8.19. The first kappa shape index (κ1) is 16.0. The number of nitrogens with one attached hydrogen (secondary N) is 1. The summed E-state index contributed by atoms with van der Waals surface area (Å²) in [5.41, 5.74) is 2.17. The van der Waals surface area contributed by atoms with Crippen molar-refractivity contribution < 1.29 is 4.74 Å². The standard InChI is InChI=1S/C17H27N3O/c1-6-20-15-10-8-7-9-14(15)19-16(20)11-13(18-5)12-21-17(2,3)4/h7-10,13,18H,6,11-12H2,1-5H3. The van der Waals surface area contributed by atoms with Crippen LogP contribution in [0.2, 0.25) is 0 Å². The largest absolute Gasteiger partial charge is 0.374 e. The maximum Gasteiger partial charge on any atom is 0.111 e. The molecule has 0 bridgehead atoms. The van der Waals surface area contributed by atoms with Crippen molar-refractivity contribution in [1.82, 2.24) is 14.9 Å². The highest BCUT2D eigenvalue weighted by atomic mass is 16.5. The molecule has 4 heteroatoms. The molecule has 1 atom stereocenters. The number of hydrogen-bond donors (Lipinski definition) is 1. The first-order chi connectivity index (χ1) is 9.94. The van der Waals surface area contributed by atoms with Crippen LogP contribution in [-0.2, 0) is 17.7 Å². The number of aryl methyl sites for hydroxylation is 1. The Balaban J connectivity index is 2.17. The van der Waals surface area contributed by atoms with Gasteiger partial charge in [0.1, 0.15) is 5.82 Å². The van der Waals surface area contributed by atoms with E-state index in [1.54, 1.807) is 0 Å². The van der Waals surface area contributed by atoms with Crippen molar-refractivity contribution >= 4 is 11.0 Å². The molecule has 21 heavy (non-hydrogen) atoms. The van der Waals surface area contributed by atoms with Gasteiger partial charge in [-0.15, -0.1) is 0 Å². The van der Waals surface area contributed by atoms with Gasteiger partial charge in [0.15, 0.2) is 0 Å².